The maximum Gasteiger partial charge on any atom is 0 e. The van der Waals surface area contributed by atoms with Crippen molar-refractivity contribution < 1.29 is 17.1 Å². The van der Waals surface area contributed by atoms with Gasteiger partial charge in [0.25, 0.3) is 0 Å². The van der Waals surface area contributed by atoms with E-state index < -0.39 is 0 Å². The third kappa shape index (κ3) is 8.94. The minimum absolute atomic E-state index is 0. The Morgan fingerprint density at radius 3 is 1.07 bits per heavy atom. The van der Waals surface area contributed by atoms with E-state index in [2.05, 4.69) is 21.3 Å². The van der Waals surface area contributed by atoms with Gasteiger partial charge in [0.15, 0.2) is 0 Å². The van der Waals surface area contributed by atoms with Crippen molar-refractivity contribution in [3.05, 3.63) is 21.3 Å². The van der Waals surface area contributed by atoms with Gasteiger partial charge in [-0.2, -0.15) is 52.4 Å². The summed E-state index contributed by atoms with van der Waals surface area (Å²) < 4.78 is 0. The first-order valence-electron chi connectivity index (χ1n) is 5.03. The Kier molecular flexibility index (Phi) is 11.7. The molecule has 0 aromatic carbocycles. The fourth-order valence-corrected chi connectivity index (χ4v) is 1.17. The van der Waals surface area contributed by atoms with E-state index in [0.29, 0.717) is 0 Å². The van der Waals surface area contributed by atoms with E-state index in [9.17, 15) is 0 Å². The second kappa shape index (κ2) is 11.4. The summed E-state index contributed by atoms with van der Waals surface area (Å²) in [6, 6.07) is 0. The zero-order chi connectivity index (χ0) is 9.19. The molecule has 1 rings (SSSR count). The molecule has 1 aliphatic rings. The van der Waals surface area contributed by atoms with Crippen LogP contribution in [0.2, 0.25) is 0 Å². The van der Waals surface area contributed by atoms with Gasteiger partial charge in [-0.1, -0.05) is 6.42 Å². The number of rotatable bonds is 0. The van der Waals surface area contributed by atoms with Crippen molar-refractivity contribution in [3.8, 4) is 0 Å². The van der Waals surface area contributed by atoms with Crippen molar-refractivity contribution in [2.45, 2.75) is 6.42 Å². The summed E-state index contributed by atoms with van der Waals surface area (Å²) in [5.41, 5.74) is 0. The summed E-state index contributed by atoms with van der Waals surface area (Å²) in [7, 11) is 0. The fourth-order valence-electron chi connectivity index (χ4n) is 1.17. The first-order valence-corrected chi connectivity index (χ1v) is 5.03. The SMILES string of the molecule is C1C[N-]CC[N-]CC[N-]CC[N-]C1.[64Cu]. The number of nitrogens with zero attached hydrogens (tertiary/aromatic N) is 4. The Morgan fingerprint density at radius 1 is 0.429 bits per heavy atom. The van der Waals surface area contributed by atoms with Gasteiger partial charge in [-0.05, 0) is 0 Å². The van der Waals surface area contributed by atoms with Crippen LogP contribution in [0.3, 0.4) is 0 Å². The monoisotopic (exact) mass is 246 g/mol. The van der Waals surface area contributed by atoms with E-state index in [1.807, 2.05) is 0 Å². The Morgan fingerprint density at radius 2 is 0.714 bits per heavy atom. The molecule has 0 amide bonds. The Bertz CT molecular complexity index is 64.9. The first-order chi connectivity index (χ1) is 6.50. The molecule has 5 heteroatoms. The molecule has 14 heavy (non-hydrogen) atoms. The Labute approximate surface area is 97.4 Å². The molecule has 0 atom stereocenters. The molecule has 0 unspecified atom stereocenters. The van der Waals surface area contributed by atoms with Crippen molar-refractivity contribution in [2.24, 2.45) is 0 Å². The quantitative estimate of drug-likeness (QED) is 0.586. The zero-order valence-corrected chi connectivity index (χ0v) is 9.40. The average Bonchev–Trinajstić information content (AvgIpc) is 2.18. The first kappa shape index (κ1) is 14.4. The van der Waals surface area contributed by atoms with Crippen molar-refractivity contribution >= 4 is 0 Å². The molecule has 1 saturated heterocycles. The molecule has 1 heterocycles. The van der Waals surface area contributed by atoms with Crippen LogP contribution in [0, 0.1) is 0 Å². The second-order valence-electron chi connectivity index (χ2n) is 3.04. The largest absolute Gasteiger partial charge is 0.665 e. The molecule has 4 nitrogen and oxygen atoms in total. The van der Waals surface area contributed by atoms with Gasteiger partial charge in [0, 0.05) is 17.1 Å². The summed E-state index contributed by atoms with van der Waals surface area (Å²) in [6.45, 7) is 7.08. The van der Waals surface area contributed by atoms with Crippen LogP contribution in [0.4, 0.5) is 0 Å². The van der Waals surface area contributed by atoms with Crippen molar-refractivity contribution in [2.75, 3.05) is 52.4 Å². The predicted molar refractivity (Wildman–Crippen MR) is 57.0 cm³/mol. The molecule has 0 aromatic rings. The number of hydrogen-bond acceptors (Lipinski definition) is 0. The van der Waals surface area contributed by atoms with Crippen LogP contribution in [0.25, 0.3) is 21.3 Å². The maximum atomic E-state index is 4.35. The summed E-state index contributed by atoms with van der Waals surface area (Å²) in [5, 5.41) is 17.3. The molecule has 0 N–H and O–H groups in total. The van der Waals surface area contributed by atoms with Crippen molar-refractivity contribution in [1.29, 1.82) is 0 Å². The standard InChI is InChI=1S/C9H18N4.Cu/c1-2-10-4-6-12-8-9-13-7-5-11-3-1;/h1-9H2;/q-4;/i;1+0. The van der Waals surface area contributed by atoms with Gasteiger partial charge < -0.3 is 21.3 Å². The van der Waals surface area contributed by atoms with Gasteiger partial charge >= 0.3 is 0 Å². The van der Waals surface area contributed by atoms with Gasteiger partial charge in [-0.25, -0.2) is 0 Å². The van der Waals surface area contributed by atoms with Crippen LogP contribution < -0.4 is 0 Å². The van der Waals surface area contributed by atoms with Crippen LogP contribution in [0.5, 0.6) is 0 Å². The molecule has 1 radical (unpaired) electrons. The Balaban J connectivity index is 0.00000169. The van der Waals surface area contributed by atoms with E-state index in [4.69, 9.17) is 0 Å². The van der Waals surface area contributed by atoms with Gasteiger partial charge in [-0.3, -0.25) is 0 Å². The molecule has 1 aliphatic heterocycles. The normalized spacial score (nSPS) is 22.3. The van der Waals surface area contributed by atoms with Crippen LogP contribution in [0.15, 0.2) is 0 Å². The average molecular weight is 246 g/mol. The minimum Gasteiger partial charge on any atom is -0.665 e. The summed E-state index contributed by atoms with van der Waals surface area (Å²) in [5.74, 6) is 0. The van der Waals surface area contributed by atoms with Gasteiger partial charge in [0.1, 0.15) is 0 Å². The molecule has 0 aromatic heterocycles. The molecule has 0 saturated carbocycles. The van der Waals surface area contributed by atoms with Gasteiger partial charge in [-0.15, -0.1) is 0 Å². The van der Waals surface area contributed by atoms with Crippen LogP contribution in [-0.2, 0) is 17.1 Å². The molecule has 89 valence electrons. The van der Waals surface area contributed by atoms with Gasteiger partial charge in [0.2, 0.25) is 0 Å². The predicted octanol–water partition coefficient (Wildman–Crippen LogP) is 1.88. The Hall–Kier alpha value is 0.359. The van der Waals surface area contributed by atoms with Crippen molar-refractivity contribution in [3.63, 3.8) is 0 Å². The van der Waals surface area contributed by atoms with E-state index in [0.717, 1.165) is 58.8 Å². The van der Waals surface area contributed by atoms with Crippen LogP contribution >= 0.6 is 0 Å². The third-order valence-corrected chi connectivity index (χ3v) is 1.88. The third-order valence-electron chi connectivity index (χ3n) is 1.88. The van der Waals surface area contributed by atoms with E-state index in [1.54, 1.807) is 0 Å². The van der Waals surface area contributed by atoms with E-state index in [1.165, 1.54) is 0 Å². The summed E-state index contributed by atoms with van der Waals surface area (Å²) in [6.07, 6.45) is 1.08. The molecule has 0 bridgehead atoms. The summed E-state index contributed by atoms with van der Waals surface area (Å²) in [4.78, 5) is 0. The molecule has 0 aliphatic carbocycles. The molecule has 1 fully saturated rings. The molecule has 0 spiro atoms. The van der Waals surface area contributed by atoms with Gasteiger partial charge in [0.05, 0.1) is 0 Å². The van der Waals surface area contributed by atoms with Crippen LogP contribution in [0.1, 0.15) is 6.42 Å². The fraction of sp³-hybridized carbons (Fsp3) is 1.00. The zero-order valence-electron chi connectivity index (χ0n) is 8.45. The smallest absolute Gasteiger partial charge is 0 e. The molecular weight excluding hydrogens is 228 g/mol. The van der Waals surface area contributed by atoms with E-state index in [-0.39, 0.29) is 17.1 Å². The van der Waals surface area contributed by atoms with E-state index >= 15 is 0 Å². The second-order valence-corrected chi connectivity index (χ2v) is 3.04. The number of hydrogen-bond donors (Lipinski definition) is 0. The topological polar surface area (TPSA) is 56.4 Å². The molecular formula is C9H18CuN4-4. The minimum atomic E-state index is 0. The van der Waals surface area contributed by atoms with Crippen molar-refractivity contribution in [1.82, 2.24) is 0 Å². The summed E-state index contributed by atoms with van der Waals surface area (Å²) >= 11 is 0. The maximum absolute atomic E-state index is 4.35. The van der Waals surface area contributed by atoms with Crippen LogP contribution in [-0.4, -0.2) is 52.4 Å².